The van der Waals surface area contributed by atoms with Gasteiger partial charge in [0, 0.05) is 17.5 Å². The molecule has 120 valence electrons. The number of nitrogens with zero attached hydrogens (tertiary/aromatic N) is 1. The fraction of sp³-hybridized carbons (Fsp3) is 0.600. The summed E-state index contributed by atoms with van der Waals surface area (Å²) < 4.78 is 0. The van der Waals surface area contributed by atoms with Gasteiger partial charge in [-0.15, -0.1) is 12.3 Å². The van der Waals surface area contributed by atoms with Crippen LogP contribution in [0, 0.1) is 12.3 Å². The molecule has 1 atom stereocenters. The minimum absolute atomic E-state index is 0.0221. The molecular formula is C20H29NO. The van der Waals surface area contributed by atoms with Crippen LogP contribution in [0.1, 0.15) is 71.5 Å². The first-order valence-electron chi connectivity index (χ1n) is 8.32. The van der Waals surface area contributed by atoms with Gasteiger partial charge in [-0.3, -0.25) is 4.84 Å². The Morgan fingerprint density at radius 3 is 2.27 bits per heavy atom. The molecule has 1 fully saturated rings. The number of rotatable bonds is 5. The summed E-state index contributed by atoms with van der Waals surface area (Å²) in [5.74, 6) is 2.75. The van der Waals surface area contributed by atoms with Gasteiger partial charge in [0.1, 0.15) is 6.10 Å². The van der Waals surface area contributed by atoms with E-state index in [1.807, 2.05) is 6.07 Å². The van der Waals surface area contributed by atoms with Gasteiger partial charge in [0.05, 0.1) is 0 Å². The van der Waals surface area contributed by atoms with E-state index in [2.05, 4.69) is 62.9 Å². The van der Waals surface area contributed by atoms with Crippen molar-refractivity contribution >= 4 is 0 Å². The van der Waals surface area contributed by atoms with E-state index in [0.717, 1.165) is 25.7 Å². The molecule has 0 radical (unpaired) electrons. The molecule has 1 aliphatic heterocycles. The molecule has 0 spiro atoms. The Morgan fingerprint density at radius 1 is 1.14 bits per heavy atom. The van der Waals surface area contributed by atoms with Crippen LogP contribution >= 0.6 is 0 Å². The summed E-state index contributed by atoms with van der Waals surface area (Å²) in [6.45, 7) is 9.10. The highest BCUT2D eigenvalue weighted by atomic mass is 16.7. The zero-order valence-electron chi connectivity index (χ0n) is 14.4. The number of piperidine rings is 1. The minimum Gasteiger partial charge on any atom is -0.290 e. The third kappa shape index (κ3) is 3.91. The van der Waals surface area contributed by atoms with Gasteiger partial charge in [0.15, 0.2) is 0 Å². The number of hydroxylamine groups is 2. The molecule has 1 aliphatic rings. The van der Waals surface area contributed by atoms with E-state index in [0.29, 0.717) is 0 Å². The van der Waals surface area contributed by atoms with Gasteiger partial charge in [0.25, 0.3) is 0 Å². The number of terminal acetylenes is 1. The highest BCUT2D eigenvalue weighted by molar-refractivity contribution is 5.18. The average Bonchev–Trinajstić information content (AvgIpc) is 2.46. The Balaban J connectivity index is 2.23. The lowest BCUT2D eigenvalue weighted by molar-refractivity contribution is -0.308. The molecule has 1 unspecified atom stereocenters. The number of hydrogen-bond donors (Lipinski definition) is 0. The van der Waals surface area contributed by atoms with E-state index < -0.39 is 0 Å². The first-order chi connectivity index (χ1) is 10.4. The van der Waals surface area contributed by atoms with Crippen molar-refractivity contribution in [3.05, 3.63) is 35.9 Å². The van der Waals surface area contributed by atoms with Crippen LogP contribution in [0.25, 0.3) is 0 Å². The van der Waals surface area contributed by atoms with Crippen LogP contribution in [0.4, 0.5) is 0 Å². The Bertz CT molecular complexity index is 496. The highest BCUT2D eigenvalue weighted by Crippen LogP contribution is 2.41. The molecule has 0 N–H and O–H groups in total. The zero-order valence-corrected chi connectivity index (χ0v) is 14.4. The summed E-state index contributed by atoms with van der Waals surface area (Å²) in [5.41, 5.74) is 1.30. The molecule has 0 bridgehead atoms. The molecule has 0 amide bonds. The topological polar surface area (TPSA) is 12.5 Å². The van der Waals surface area contributed by atoms with E-state index in [4.69, 9.17) is 11.3 Å². The minimum atomic E-state index is 0.0221. The van der Waals surface area contributed by atoms with Crippen molar-refractivity contribution < 1.29 is 4.84 Å². The highest BCUT2D eigenvalue weighted by Gasteiger charge is 2.43. The van der Waals surface area contributed by atoms with Crippen molar-refractivity contribution in [3.63, 3.8) is 0 Å². The largest absolute Gasteiger partial charge is 0.290 e. The molecule has 2 nitrogen and oxygen atoms in total. The molecular weight excluding hydrogens is 270 g/mol. The molecule has 0 aromatic heterocycles. The fourth-order valence-electron chi connectivity index (χ4n) is 3.55. The standard InChI is InChI=1S/C20H29NO/c1-6-7-14-18(17-12-9-8-10-13-17)22-21-19(2,3)15-11-16-20(21,4)5/h1,8-10,12-13,18H,7,11,14-16H2,2-5H3. The summed E-state index contributed by atoms with van der Waals surface area (Å²) in [4.78, 5) is 6.55. The molecule has 22 heavy (non-hydrogen) atoms. The van der Waals surface area contributed by atoms with Crippen LogP contribution in [0.5, 0.6) is 0 Å². The van der Waals surface area contributed by atoms with Crippen LogP contribution in [-0.4, -0.2) is 16.1 Å². The smallest absolute Gasteiger partial charge is 0.105 e. The van der Waals surface area contributed by atoms with Gasteiger partial charge in [-0.2, -0.15) is 5.06 Å². The van der Waals surface area contributed by atoms with Gasteiger partial charge in [0.2, 0.25) is 0 Å². The Kier molecular flexibility index (Phi) is 5.32. The summed E-state index contributed by atoms with van der Waals surface area (Å²) in [6, 6.07) is 10.4. The van der Waals surface area contributed by atoms with Crippen molar-refractivity contribution in [2.45, 2.75) is 77.0 Å². The molecule has 1 saturated heterocycles. The second-order valence-corrected chi connectivity index (χ2v) is 7.52. The van der Waals surface area contributed by atoms with E-state index in [-0.39, 0.29) is 17.2 Å². The van der Waals surface area contributed by atoms with Gasteiger partial charge >= 0.3 is 0 Å². The molecule has 0 aliphatic carbocycles. The van der Waals surface area contributed by atoms with Gasteiger partial charge in [-0.25, -0.2) is 0 Å². The fourth-order valence-corrected chi connectivity index (χ4v) is 3.55. The van der Waals surface area contributed by atoms with E-state index >= 15 is 0 Å². The first kappa shape index (κ1) is 17.1. The van der Waals surface area contributed by atoms with Crippen LogP contribution < -0.4 is 0 Å². The van der Waals surface area contributed by atoms with Crippen molar-refractivity contribution in [2.75, 3.05) is 0 Å². The maximum atomic E-state index is 6.55. The Morgan fingerprint density at radius 2 is 1.73 bits per heavy atom. The third-order valence-electron chi connectivity index (χ3n) is 4.63. The maximum absolute atomic E-state index is 6.55. The molecule has 1 aromatic carbocycles. The SMILES string of the molecule is C#CCCC(ON1C(C)(C)CCCC1(C)C)c1ccccc1. The Hall–Kier alpha value is -1.30. The number of benzene rings is 1. The van der Waals surface area contributed by atoms with E-state index in [9.17, 15) is 0 Å². The lowest BCUT2D eigenvalue weighted by Crippen LogP contribution is -2.58. The predicted octanol–water partition coefficient (Wildman–Crippen LogP) is 5.12. The lowest BCUT2D eigenvalue weighted by Gasteiger charge is -2.52. The van der Waals surface area contributed by atoms with Gasteiger partial charge in [-0.05, 0) is 58.9 Å². The second-order valence-electron chi connectivity index (χ2n) is 7.52. The van der Waals surface area contributed by atoms with Crippen molar-refractivity contribution in [1.29, 1.82) is 0 Å². The van der Waals surface area contributed by atoms with Crippen molar-refractivity contribution in [1.82, 2.24) is 5.06 Å². The Labute approximate surface area is 135 Å². The molecule has 2 heteroatoms. The molecule has 1 heterocycles. The quantitative estimate of drug-likeness (QED) is 0.700. The van der Waals surface area contributed by atoms with Crippen molar-refractivity contribution in [3.8, 4) is 12.3 Å². The zero-order chi connectivity index (χ0) is 16.2. The maximum Gasteiger partial charge on any atom is 0.105 e. The molecule has 1 aromatic rings. The van der Waals surface area contributed by atoms with Crippen LogP contribution in [0.15, 0.2) is 30.3 Å². The predicted molar refractivity (Wildman–Crippen MR) is 92.2 cm³/mol. The van der Waals surface area contributed by atoms with Crippen LogP contribution in [0.3, 0.4) is 0 Å². The molecule has 0 saturated carbocycles. The normalized spacial score (nSPS) is 22.0. The first-order valence-corrected chi connectivity index (χ1v) is 8.32. The van der Waals surface area contributed by atoms with E-state index in [1.54, 1.807) is 0 Å². The lowest BCUT2D eigenvalue weighted by atomic mass is 9.82. The average molecular weight is 299 g/mol. The summed E-state index contributed by atoms with van der Waals surface area (Å²) in [5, 5.41) is 2.23. The van der Waals surface area contributed by atoms with Gasteiger partial charge < -0.3 is 0 Å². The monoisotopic (exact) mass is 299 g/mol. The third-order valence-corrected chi connectivity index (χ3v) is 4.63. The second kappa shape index (κ2) is 6.86. The van der Waals surface area contributed by atoms with Crippen molar-refractivity contribution in [2.24, 2.45) is 0 Å². The summed E-state index contributed by atoms with van der Waals surface area (Å²) in [7, 11) is 0. The summed E-state index contributed by atoms with van der Waals surface area (Å²) >= 11 is 0. The van der Waals surface area contributed by atoms with Crippen LogP contribution in [0.2, 0.25) is 0 Å². The summed E-state index contributed by atoms with van der Waals surface area (Å²) in [6.07, 6.45) is 10.6. The van der Waals surface area contributed by atoms with E-state index in [1.165, 1.54) is 12.0 Å². The number of hydrogen-bond acceptors (Lipinski definition) is 2. The molecule has 2 rings (SSSR count). The van der Waals surface area contributed by atoms with Crippen LogP contribution in [-0.2, 0) is 4.84 Å². The van der Waals surface area contributed by atoms with Gasteiger partial charge in [-0.1, -0.05) is 30.3 Å².